The van der Waals surface area contributed by atoms with Crippen LogP contribution in [0.1, 0.15) is 104 Å². The van der Waals surface area contributed by atoms with Crippen molar-refractivity contribution in [1.29, 1.82) is 0 Å². The number of unbranched alkanes of at least 4 members (excludes halogenated alkanes) is 6. The fourth-order valence-corrected chi connectivity index (χ4v) is 5.16. The first kappa shape index (κ1) is 38.2. The Labute approximate surface area is 281 Å². The molecule has 0 heterocycles. The third kappa shape index (κ3) is 16.8. The van der Waals surface area contributed by atoms with Crippen LogP contribution in [-0.2, 0) is 43.2 Å². The van der Waals surface area contributed by atoms with Gasteiger partial charge in [0.2, 0.25) is 0 Å². The minimum absolute atomic E-state index is 0.00814. The normalized spacial score (nSPS) is 11.5. The third-order valence-electron chi connectivity index (χ3n) is 7.29. The third-order valence-corrected chi connectivity index (χ3v) is 7.29. The summed E-state index contributed by atoms with van der Waals surface area (Å²) < 4.78 is 11.5. The molecular weight excluding hydrogens is 651 g/mol. The van der Waals surface area contributed by atoms with Crippen molar-refractivity contribution in [1.82, 2.24) is 0 Å². The van der Waals surface area contributed by atoms with E-state index >= 15 is 0 Å². The van der Waals surface area contributed by atoms with Crippen molar-refractivity contribution in [2.75, 3.05) is 13.2 Å². The van der Waals surface area contributed by atoms with E-state index in [4.69, 9.17) is 26.5 Å². The quantitative estimate of drug-likeness (QED) is 0.0961. The van der Waals surface area contributed by atoms with E-state index in [9.17, 15) is 0 Å². The molecule has 0 aromatic heterocycles. The van der Waals surface area contributed by atoms with E-state index in [-0.39, 0.29) is 11.2 Å². The topological polar surface area (TPSA) is 18.5 Å². The maximum absolute atomic E-state index is 5.74. The van der Waals surface area contributed by atoms with Crippen molar-refractivity contribution in [3.05, 3.63) is 83.9 Å². The summed E-state index contributed by atoms with van der Waals surface area (Å²) in [6.07, 6.45) is 12.5. The van der Waals surface area contributed by atoms with E-state index in [1.165, 1.54) is 96.9 Å². The van der Waals surface area contributed by atoms with Crippen LogP contribution < -0.4 is 0 Å². The number of hydrogen-bond donors (Lipinski definition) is 0. The van der Waals surface area contributed by atoms with Crippen LogP contribution in [0.4, 0.5) is 0 Å². The van der Waals surface area contributed by atoms with Gasteiger partial charge in [-0.25, -0.2) is 0 Å². The van der Waals surface area contributed by atoms with Gasteiger partial charge in [0.05, 0.1) is 11.2 Å². The number of hydrogen-bond acceptors (Lipinski definition) is 2. The Bertz CT molecular complexity index is 1160. The Morgan fingerprint density at radius 3 is 1.28 bits per heavy atom. The molecule has 0 spiro atoms. The summed E-state index contributed by atoms with van der Waals surface area (Å²) in [6.45, 7) is 14.5. The van der Waals surface area contributed by atoms with Gasteiger partial charge in [-0.2, -0.15) is 11.1 Å². The van der Waals surface area contributed by atoms with Gasteiger partial charge in [0, 0.05) is 13.2 Å². The molecule has 2 nitrogen and oxygen atoms in total. The zero-order valence-corrected chi connectivity index (χ0v) is 31.5. The van der Waals surface area contributed by atoms with Gasteiger partial charge in [0.25, 0.3) is 0 Å². The second-order valence-electron chi connectivity index (χ2n) is 13.2. The first-order valence-electron chi connectivity index (χ1n) is 16.0. The molecule has 0 unspecified atom stereocenters. The molecule has 236 valence electrons. The number of ether oxygens (including phenoxy) is 2. The summed E-state index contributed by atoms with van der Waals surface area (Å²) in [7, 11) is 9.87. The fourth-order valence-electron chi connectivity index (χ4n) is 5.16. The number of benzene rings is 2. The maximum atomic E-state index is 5.74. The molecule has 0 bridgehead atoms. The molecule has 0 fully saturated rings. The predicted octanol–water partition coefficient (Wildman–Crippen LogP) is 12.3. The van der Waals surface area contributed by atoms with Crippen LogP contribution >= 0.6 is 17.0 Å². The van der Waals surface area contributed by atoms with Crippen molar-refractivity contribution in [2.24, 2.45) is 0 Å². The van der Waals surface area contributed by atoms with Crippen LogP contribution in [0, 0.1) is 0 Å². The van der Waals surface area contributed by atoms with Crippen LogP contribution in [0.25, 0.3) is 21.5 Å². The Hall–Kier alpha value is -0.957. The second-order valence-corrected chi connectivity index (χ2v) is 16.9. The average molecular weight is 705 g/mol. The zero-order chi connectivity index (χ0) is 31.6. The number of halogens is 2. The van der Waals surface area contributed by atoms with Gasteiger partial charge in [-0.1, -0.05) is 63.5 Å². The Morgan fingerprint density at radius 2 is 0.907 bits per heavy atom. The molecule has 0 saturated heterocycles. The first-order valence-corrected chi connectivity index (χ1v) is 22.4. The molecule has 0 aliphatic heterocycles. The molecule has 4 aromatic carbocycles. The van der Waals surface area contributed by atoms with Gasteiger partial charge in [-0.3, -0.25) is 0 Å². The van der Waals surface area contributed by atoms with Crippen molar-refractivity contribution in [3.8, 4) is 0 Å². The SMILES string of the molecule is CC(C)(C)OCCCCCCc1c[cH-]c2ccccc12.CC(C)(C)OCCCCCCc1c[cH-]c2ccccc12.[Cl][Zr+2][Cl]. The molecule has 0 radical (unpaired) electrons. The van der Waals surface area contributed by atoms with Crippen LogP contribution in [0.15, 0.2) is 72.8 Å². The van der Waals surface area contributed by atoms with Crippen LogP contribution in [0.2, 0.25) is 0 Å². The number of fused-ring (bicyclic) bond motifs is 2. The predicted molar refractivity (Wildman–Crippen MR) is 187 cm³/mol. The van der Waals surface area contributed by atoms with Gasteiger partial charge < -0.3 is 9.47 Å². The van der Waals surface area contributed by atoms with E-state index in [1.54, 1.807) is 0 Å². The molecule has 0 aliphatic carbocycles. The minimum atomic E-state index is -0.826. The van der Waals surface area contributed by atoms with E-state index in [0.717, 1.165) is 13.2 Å². The standard InChI is InChI=1S/2C19H27O.2ClH.Zr/c2*1-19(2,3)20-15-9-5-4-6-10-16-13-14-17-11-7-8-12-18(16)17;;;/h2*7-8,11-14H,4-6,9-10,15H2,1-3H3;2*1H;/q2*-1;;;+4/p-2. The van der Waals surface area contributed by atoms with E-state index in [1.807, 2.05) is 0 Å². The van der Waals surface area contributed by atoms with Crippen LogP contribution in [-0.4, -0.2) is 24.4 Å². The monoisotopic (exact) mass is 702 g/mol. The Morgan fingerprint density at radius 1 is 0.558 bits per heavy atom. The molecule has 0 aliphatic rings. The van der Waals surface area contributed by atoms with Gasteiger partial charge in [0.1, 0.15) is 0 Å². The molecule has 0 atom stereocenters. The van der Waals surface area contributed by atoms with Crippen molar-refractivity contribution in [3.63, 3.8) is 0 Å². The van der Waals surface area contributed by atoms with Crippen molar-refractivity contribution >= 4 is 38.6 Å². The van der Waals surface area contributed by atoms with Crippen molar-refractivity contribution < 1.29 is 30.3 Å². The summed E-state index contributed by atoms with van der Waals surface area (Å²) >= 11 is -0.826. The van der Waals surface area contributed by atoms with Gasteiger partial charge >= 0.3 is 37.9 Å². The van der Waals surface area contributed by atoms with Crippen molar-refractivity contribution in [2.45, 2.75) is 117 Å². The van der Waals surface area contributed by atoms with Gasteiger partial charge in [-0.05, 0) is 54.4 Å². The molecule has 0 N–H and O–H groups in total. The molecule has 5 heteroatoms. The number of rotatable bonds is 14. The molecule has 0 saturated carbocycles. The summed E-state index contributed by atoms with van der Waals surface area (Å²) in [6, 6.07) is 26.4. The zero-order valence-electron chi connectivity index (χ0n) is 27.5. The Kier molecular flexibility index (Phi) is 18.6. The van der Waals surface area contributed by atoms with Crippen LogP contribution in [0.5, 0.6) is 0 Å². The average Bonchev–Trinajstić information content (AvgIpc) is 3.56. The van der Waals surface area contributed by atoms with Gasteiger partial charge in [0.15, 0.2) is 0 Å². The molecule has 43 heavy (non-hydrogen) atoms. The van der Waals surface area contributed by atoms with Gasteiger partial charge in [-0.15, -0.1) is 82.2 Å². The molecule has 0 amide bonds. The molecular formula is C38H54Cl2O2Zr. The number of aryl methyl sites for hydroxylation is 2. The molecule has 4 rings (SSSR count). The van der Waals surface area contributed by atoms with E-state index in [2.05, 4.69) is 114 Å². The summed E-state index contributed by atoms with van der Waals surface area (Å²) in [5.74, 6) is 0. The summed E-state index contributed by atoms with van der Waals surface area (Å²) in [5.41, 5.74) is 3.03. The fraction of sp³-hybridized carbons (Fsp3) is 0.526. The van der Waals surface area contributed by atoms with Crippen LogP contribution in [0.3, 0.4) is 0 Å². The Balaban J connectivity index is 0.000000275. The first-order chi connectivity index (χ1) is 20.5. The summed E-state index contributed by atoms with van der Waals surface area (Å²) in [5, 5.41) is 5.62. The van der Waals surface area contributed by atoms with E-state index < -0.39 is 20.8 Å². The second kappa shape index (κ2) is 21.0. The molecule has 4 aromatic rings. The summed E-state index contributed by atoms with van der Waals surface area (Å²) in [4.78, 5) is 0. The van der Waals surface area contributed by atoms with E-state index in [0.29, 0.717) is 0 Å².